The molecule has 0 bridgehead atoms. The molecule has 4 heteroatoms. The van der Waals surface area contributed by atoms with Gasteiger partial charge in [-0.3, -0.25) is 0 Å². The zero-order valence-electron chi connectivity index (χ0n) is 14.9. The molecule has 0 radical (unpaired) electrons. The number of nitrogens with zero attached hydrogens (tertiary/aromatic N) is 1. The summed E-state index contributed by atoms with van der Waals surface area (Å²) >= 11 is 0. The standard InChI is InChI=1S/C22H25FN2O/c23-21-14-17(13-18(22(21)26)15-24-19-7-8-19)4-3-16-5-9-20(10-6-16)25-11-1-2-12-25/h3-6,9-10,13-14,19,24,26H,1-2,7-8,11-12,15H2/b4-3+. The third-order valence-electron chi connectivity index (χ3n) is 5.16. The molecule has 4 rings (SSSR count). The molecule has 2 aliphatic rings. The SMILES string of the molecule is Oc1c(F)cc(/C=C/c2ccc(N3CCCC3)cc2)cc1CNC1CC1. The van der Waals surface area contributed by atoms with E-state index in [1.54, 1.807) is 0 Å². The Labute approximate surface area is 154 Å². The lowest BCUT2D eigenvalue weighted by molar-refractivity contribution is 0.423. The van der Waals surface area contributed by atoms with Gasteiger partial charge in [0.15, 0.2) is 11.6 Å². The first-order chi connectivity index (χ1) is 12.7. The van der Waals surface area contributed by atoms with Crippen LogP contribution in [-0.2, 0) is 6.54 Å². The van der Waals surface area contributed by atoms with Crippen molar-refractivity contribution in [1.29, 1.82) is 0 Å². The van der Waals surface area contributed by atoms with Crippen LogP contribution in [0.2, 0.25) is 0 Å². The van der Waals surface area contributed by atoms with E-state index in [-0.39, 0.29) is 5.75 Å². The van der Waals surface area contributed by atoms with Crippen molar-refractivity contribution in [3.63, 3.8) is 0 Å². The van der Waals surface area contributed by atoms with E-state index >= 15 is 0 Å². The number of hydrogen-bond donors (Lipinski definition) is 2. The minimum absolute atomic E-state index is 0.245. The summed E-state index contributed by atoms with van der Waals surface area (Å²) in [6, 6.07) is 12.2. The molecule has 1 saturated carbocycles. The van der Waals surface area contributed by atoms with Crippen LogP contribution >= 0.6 is 0 Å². The minimum Gasteiger partial charge on any atom is -0.505 e. The van der Waals surface area contributed by atoms with Crippen LogP contribution in [0.3, 0.4) is 0 Å². The highest BCUT2D eigenvalue weighted by molar-refractivity contribution is 5.71. The highest BCUT2D eigenvalue weighted by atomic mass is 19.1. The molecule has 0 unspecified atom stereocenters. The minimum atomic E-state index is -0.566. The molecule has 2 N–H and O–H groups in total. The van der Waals surface area contributed by atoms with E-state index in [9.17, 15) is 9.50 Å². The molecule has 1 saturated heterocycles. The van der Waals surface area contributed by atoms with Crippen molar-refractivity contribution in [3.8, 4) is 5.75 Å². The van der Waals surface area contributed by atoms with E-state index in [1.807, 2.05) is 18.2 Å². The molecule has 0 amide bonds. The van der Waals surface area contributed by atoms with Crippen LogP contribution in [0.25, 0.3) is 12.2 Å². The van der Waals surface area contributed by atoms with Gasteiger partial charge in [-0.25, -0.2) is 4.39 Å². The van der Waals surface area contributed by atoms with E-state index < -0.39 is 5.82 Å². The third kappa shape index (κ3) is 4.07. The second-order valence-corrected chi connectivity index (χ2v) is 7.28. The van der Waals surface area contributed by atoms with Crippen molar-refractivity contribution in [3.05, 3.63) is 58.9 Å². The van der Waals surface area contributed by atoms with Crippen LogP contribution in [0.1, 0.15) is 42.4 Å². The summed E-state index contributed by atoms with van der Waals surface area (Å²) in [6.07, 6.45) is 8.75. The summed E-state index contributed by atoms with van der Waals surface area (Å²) in [6.45, 7) is 2.78. The lowest BCUT2D eigenvalue weighted by atomic mass is 10.1. The average Bonchev–Trinajstić information content (AvgIpc) is 3.33. The van der Waals surface area contributed by atoms with Crippen molar-refractivity contribution >= 4 is 17.8 Å². The first kappa shape index (κ1) is 17.1. The predicted octanol–water partition coefficient (Wildman–Crippen LogP) is 4.55. The molecule has 1 heterocycles. The molecular weight excluding hydrogens is 327 g/mol. The van der Waals surface area contributed by atoms with Crippen molar-refractivity contribution in [2.45, 2.75) is 38.3 Å². The number of phenols is 1. The molecular formula is C22H25FN2O. The van der Waals surface area contributed by atoms with E-state index in [0.29, 0.717) is 18.2 Å². The summed E-state index contributed by atoms with van der Waals surface area (Å²) in [5, 5.41) is 13.3. The van der Waals surface area contributed by atoms with E-state index in [4.69, 9.17) is 0 Å². The molecule has 2 aromatic carbocycles. The molecule has 1 aliphatic heterocycles. The van der Waals surface area contributed by atoms with E-state index in [2.05, 4.69) is 34.5 Å². The van der Waals surface area contributed by atoms with Gasteiger partial charge >= 0.3 is 0 Å². The zero-order chi connectivity index (χ0) is 17.9. The molecule has 26 heavy (non-hydrogen) atoms. The summed E-state index contributed by atoms with van der Waals surface area (Å²) in [5.74, 6) is -0.811. The quantitative estimate of drug-likeness (QED) is 0.749. The first-order valence-corrected chi connectivity index (χ1v) is 9.47. The van der Waals surface area contributed by atoms with Crippen LogP contribution in [0.4, 0.5) is 10.1 Å². The second-order valence-electron chi connectivity index (χ2n) is 7.28. The van der Waals surface area contributed by atoms with E-state index in [0.717, 1.165) is 37.1 Å². The number of halogens is 1. The smallest absolute Gasteiger partial charge is 0.165 e. The number of benzene rings is 2. The first-order valence-electron chi connectivity index (χ1n) is 9.47. The normalized spacial score (nSPS) is 17.3. The van der Waals surface area contributed by atoms with Crippen LogP contribution in [-0.4, -0.2) is 24.2 Å². The van der Waals surface area contributed by atoms with Crippen molar-refractivity contribution in [2.24, 2.45) is 0 Å². The van der Waals surface area contributed by atoms with Gasteiger partial charge in [-0.2, -0.15) is 0 Å². The topological polar surface area (TPSA) is 35.5 Å². The zero-order valence-corrected chi connectivity index (χ0v) is 14.9. The van der Waals surface area contributed by atoms with Crippen molar-refractivity contribution < 1.29 is 9.50 Å². The van der Waals surface area contributed by atoms with Gasteiger partial charge in [-0.1, -0.05) is 24.3 Å². The summed E-state index contributed by atoms with van der Waals surface area (Å²) in [5.41, 5.74) is 3.72. The van der Waals surface area contributed by atoms with Gasteiger partial charge < -0.3 is 15.3 Å². The van der Waals surface area contributed by atoms with Crippen LogP contribution < -0.4 is 10.2 Å². The number of anilines is 1. The molecule has 3 nitrogen and oxygen atoms in total. The Bertz CT molecular complexity index is 791. The van der Waals surface area contributed by atoms with Gasteiger partial charge in [0, 0.05) is 36.9 Å². The Morgan fingerprint density at radius 2 is 1.73 bits per heavy atom. The Hall–Kier alpha value is -2.33. The molecule has 0 spiro atoms. The molecule has 2 aromatic rings. The third-order valence-corrected chi connectivity index (χ3v) is 5.16. The van der Waals surface area contributed by atoms with Gasteiger partial charge in [-0.15, -0.1) is 0 Å². The highest BCUT2D eigenvalue weighted by Crippen LogP contribution is 2.27. The highest BCUT2D eigenvalue weighted by Gasteiger charge is 2.21. The number of phenolic OH excluding ortho intramolecular Hbond substituents is 1. The Morgan fingerprint density at radius 3 is 2.42 bits per heavy atom. The Morgan fingerprint density at radius 1 is 1.04 bits per heavy atom. The van der Waals surface area contributed by atoms with Gasteiger partial charge in [0.05, 0.1) is 0 Å². The fourth-order valence-electron chi connectivity index (χ4n) is 3.42. The number of aromatic hydroxyl groups is 1. The lowest BCUT2D eigenvalue weighted by Crippen LogP contribution is -2.17. The summed E-state index contributed by atoms with van der Waals surface area (Å²) < 4.78 is 14.0. The van der Waals surface area contributed by atoms with Crippen LogP contribution in [0.5, 0.6) is 5.75 Å². The predicted molar refractivity (Wildman–Crippen MR) is 105 cm³/mol. The largest absolute Gasteiger partial charge is 0.505 e. The number of rotatable bonds is 6. The summed E-state index contributed by atoms with van der Waals surface area (Å²) in [4.78, 5) is 2.40. The van der Waals surface area contributed by atoms with Crippen LogP contribution in [0, 0.1) is 5.82 Å². The summed E-state index contributed by atoms with van der Waals surface area (Å²) in [7, 11) is 0. The number of nitrogens with one attached hydrogen (secondary N) is 1. The maximum Gasteiger partial charge on any atom is 0.165 e. The molecule has 2 fully saturated rings. The second kappa shape index (κ2) is 7.50. The van der Waals surface area contributed by atoms with Gasteiger partial charge in [0.2, 0.25) is 0 Å². The number of hydrogen-bond acceptors (Lipinski definition) is 3. The Balaban J connectivity index is 1.46. The van der Waals surface area contributed by atoms with Crippen LogP contribution in [0.15, 0.2) is 36.4 Å². The maximum absolute atomic E-state index is 14.0. The molecule has 136 valence electrons. The average molecular weight is 352 g/mol. The molecule has 1 aliphatic carbocycles. The fourth-order valence-corrected chi connectivity index (χ4v) is 3.42. The van der Waals surface area contributed by atoms with Crippen molar-refractivity contribution in [1.82, 2.24) is 5.32 Å². The van der Waals surface area contributed by atoms with Gasteiger partial charge in [0.1, 0.15) is 0 Å². The van der Waals surface area contributed by atoms with E-state index in [1.165, 1.54) is 24.6 Å². The van der Waals surface area contributed by atoms with Gasteiger partial charge in [-0.05, 0) is 61.1 Å². The van der Waals surface area contributed by atoms with Gasteiger partial charge in [0.25, 0.3) is 0 Å². The monoisotopic (exact) mass is 352 g/mol. The molecule has 0 aromatic heterocycles. The van der Waals surface area contributed by atoms with Crippen molar-refractivity contribution in [2.75, 3.05) is 18.0 Å². The fraction of sp³-hybridized carbons (Fsp3) is 0.364. The Kier molecular flexibility index (Phi) is 4.93. The maximum atomic E-state index is 14.0. The lowest BCUT2D eigenvalue weighted by Gasteiger charge is -2.17. The molecule has 0 atom stereocenters.